The number of hydrogen-bond donors (Lipinski definition) is 2. The first-order valence-electron chi connectivity index (χ1n) is 6.37. The monoisotopic (exact) mass is 282 g/mol. The van der Waals surface area contributed by atoms with Gasteiger partial charge in [0.2, 0.25) is 0 Å². The standard InChI is InChI=1S/C13H15FN2O4/c14-9-2-4-12(16(19)20)11(6-9)13(18)15-7-8-1-3-10(17)5-8/h2,4,6,8,10,17H,1,3,5,7H2,(H,15,18). The molecule has 2 N–H and O–H groups in total. The number of nitro groups is 1. The molecule has 20 heavy (non-hydrogen) atoms. The Bertz CT molecular complexity index is 535. The molecule has 1 saturated carbocycles. The Hall–Kier alpha value is -2.02. The quantitative estimate of drug-likeness (QED) is 0.648. The number of aliphatic hydroxyl groups excluding tert-OH is 1. The lowest BCUT2D eigenvalue weighted by molar-refractivity contribution is -0.385. The van der Waals surface area contributed by atoms with Gasteiger partial charge in [-0.05, 0) is 37.3 Å². The maximum atomic E-state index is 13.1. The van der Waals surface area contributed by atoms with E-state index in [1.54, 1.807) is 0 Å². The molecule has 1 aromatic rings. The predicted molar refractivity (Wildman–Crippen MR) is 68.7 cm³/mol. The van der Waals surface area contributed by atoms with E-state index >= 15 is 0 Å². The average molecular weight is 282 g/mol. The molecular formula is C13H15FN2O4. The number of amides is 1. The van der Waals surface area contributed by atoms with Crippen molar-refractivity contribution in [3.05, 3.63) is 39.7 Å². The fourth-order valence-electron chi connectivity index (χ4n) is 2.42. The molecule has 0 radical (unpaired) electrons. The Morgan fingerprint density at radius 1 is 1.50 bits per heavy atom. The van der Waals surface area contributed by atoms with Crippen molar-refractivity contribution in [2.75, 3.05) is 6.54 Å². The first-order chi connectivity index (χ1) is 9.47. The molecule has 0 heterocycles. The molecule has 0 bridgehead atoms. The van der Waals surface area contributed by atoms with Crippen LogP contribution in [0.4, 0.5) is 10.1 Å². The zero-order valence-electron chi connectivity index (χ0n) is 10.7. The van der Waals surface area contributed by atoms with Crippen LogP contribution in [0, 0.1) is 21.8 Å². The summed E-state index contributed by atoms with van der Waals surface area (Å²) >= 11 is 0. The number of halogens is 1. The van der Waals surface area contributed by atoms with Crippen LogP contribution in [0.15, 0.2) is 18.2 Å². The molecule has 2 atom stereocenters. The van der Waals surface area contributed by atoms with Crippen molar-refractivity contribution in [3.63, 3.8) is 0 Å². The lowest BCUT2D eigenvalue weighted by Gasteiger charge is -2.11. The predicted octanol–water partition coefficient (Wildman–Crippen LogP) is 1.62. The van der Waals surface area contributed by atoms with Gasteiger partial charge in [0.1, 0.15) is 11.4 Å². The van der Waals surface area contributed by atoms with Gasteiger partial charge in [0.05, 0.1) is 11.0 Å². The van der Waals surface area contributed by atoms with Crippen molar-refractivity contribution in [1.82, 2.24) is 5.32 Å². The van der Waals surface area contributed by atoms with Gasteiger partial charge in [0.25, 0.3) is 11.6 Å². The zero-order chi connectivity index (χ0) is 14.7. The second-order valence-electron chi connectivity index (χ2n) is 4.96. The van der Waals surface area contributed by atoms with E-state index in [2.05, 4.69) is 5.32 Å². The van der Waals surface area contributed by atoms with Gasteiger partial charge in [0, 0.05) is 12.6 Å². The summed E-state index contributed by atoms with van der Waals surface area (Å²) in [6.07, 6.45) is 1.75. The molecular weight excluding hydrogens is 267 g/mol. The third-order valence-corrected chi connectivity index (χ3v) is 3.46. The van der Waals surface area contributed by atoms with Gasteiger partial charge in [-0.15, -0.1) is 0 Å². The highest BCUT2D eigenvalue weighted by Gasteiger charge is 2.25. The average Bonchev–Trinajstić information content (AvgIpc) is 2.81. The highest BCUT2D eigenvalue weighted by molar-refractivity contribution is 5.98. The first kappa shape index (κ1) is 14.4. The van der Waals surface area contributed by atoms with Crippen molar-refractivity contribution in [3.8, 4) is 0 Å². The number of rotatable bonds is 4. The van der Waals surface area contributed by atoms with Crippen LogP contribution in [-0.2, 0) is 0 Å². The van der Waals surface area contributed by atoms with Crippen LogP contribution in [0.5, 0.6) is 0 Å². The zero-order valence-corrected chi connectivity index (χ0v) is 10.7. The number of nitro benzene ring substituents is 1. The van der Waals surface area contributed by atoms with Crippen molar-refractivity contribution in [1.29, 1.82) is 0 Å². The van der Waals surface area contributed by atoms with Crippen molar-refractivity contribution >= 4 is 11.6 Å². The number of benzene rings is 1. The van der Waals surface area contributed by atoms with Crippen molar-refractivity contribution < 1.29 is 19.2 Å². The normalized spacial score (nSPS) is 21.7. The van der Waals surface area contributed by atoms with E-state index in [0.29, 0.717) is 19.4 Å². The second-order valence-corrected chi connectivity index (χ2v) is 4.96. The van der Waals surface area contributed by atoms with Gasteiger partial charge in [-0.2, -0.15) is 0 Å². The number of hydrogen-bond acceptors (Lipinski definition) is 4. The number of aliphatic hydroxyl groups is 1. The summed E-state index contributed by atoms with van der Waals surface area (Å²) in [5.41, 5.74) is -0.705. The largest absolute Gasteiger partial charge is 0.393 e. The van der Waals surface area contributed by atoms with E-state index < -0.39 is 22.3 Å². The molecule has 1 fully saturated rings. The molecule has 0 aliphatic heterocycles. The molecule has 1 aliphatic rings. The molecule has 0 aromatic heterocycles. The molecule has 1 aliphatic carbocycles. The van der Waals surface area contributed by atoms with Gasteiger partial charge in [-0.3, -0.25) is 14.9 Å². The topological polar surface area (TPSA) is 92.5 Å². The minimum absolute atomic E-state index is 0.154. The lowest BCUT2D eigenvalue weighted by Crippen LogP contribution is -2.29. The number of nitrogens with one attached hydrogen (secondary N) is 1. The van der Waals surface area contributed by atoms with Crippen molar-refractivity contribution in [2.24, 2.45) is 5.92 Å². The lowest BCUT2D eigenvalue weighted by atomic mass is 10.1. The Morgan fingerprint density at radius 2 is 2.25 bits per heavy atom. The molecule has 1 amide bonds. The van der Waals surface area contributed by atoms with Crippen LogP contribution in [0.3, 0.4) is 0 Å². The molecule has 7 heteroatoms. The number of carbonyl (C=O) groups is 1. The van der Waals surface area contributed by atoms with Gasteiger partial charge in [-0.1, -0.05) is 0 Å². The maximum absolute atomic E-state index is 13.1. The summed E-state index contributed by atoms with van der Waals surface area (Å²) in [5, 5.41) is 22.8. The number of nitrogens with zero attached hydrogens (tertiary/aromatic N) is 1. The van der Waals surface area contributed by atoms with Crippen LogP contribution in [0.25, 0.3) is 0 Å². The van der Waals surface area contributed by atoms with Crippen LogP contribution in [0.2, 0.25) is 0 Å². The minimum atomic E-state index is -0.715. The Labute approximate surface area is 114 Å². The van der Waals surface area contributed by atoms with Gasteiger partial charge < -0.3 is 10.4 Å². The third kappa shape index (κ3) is 3.30. The highest BCUT2D eigenvalue weighted by atomic mass is 19.1. The summed E-state index contributed by atoms with van der Waals surface area (Å²) < 4.78 is 13.1. The SMILES string of the molecule is O=C(NCC1CCC(O)C1)c1cc(F)ccc1[N+](=O)[O-]. The molecule has 2 unspecified atom stereocenters. The highest BCUT2D eigenvalue weighted by Crippen LogP contribution is 2.25. The summed E-state index contributed by atoms with van der Waals surface area (Å²) in [6.45, 7) is 0.323. The van der Waals surface area contributed by atoms with Crippen LogP contribution in [-0.4, -0.2) is 28.6 Å². The molecule has 1 aromatic carbocycles. The van der Waals surface area contributed by atoms with Gasteiger partial charge >= 0.3 is 0 Å². The van der Waals surface area contributed by atoms with Gasteiger partial charge in [0.15, 0.2) is 0 Å². The fourth-order valence-corrected chi connectivity index (χ4v) is 2.42. The van der Waals surface area contributed by atoms with E-state index in [4.69, 9.17) is 0 Å². The van der Waals surface area contributed by atoms with E-state index in [-0.39, 0.29) is 17.6 Å². The summed E-state index contributed by atoms with van der Waals surface area (Å²) in [4.78, 5) is 22.0. The molecule has 2 rings (SSSR count). The van der Waals surface area contributed by atoms with Crippen LogP contribution >= 0.6 is 0 Å². The maximum Gasteiger partial charge on any atom is 0.282 e. The van der Waals surface area contributed by atoms with Gasteiger partial charge in [-0.25, -0.2) is 4.39 Å². The Balaban J connectivity index is 2.05. The van der Waals surface area contributed by atoms with Crippen LogP contribution in [0.1, 0.15) is 29.6 Å². The molecule has 6 nitrogen and oxygen atoms in total. The summed E-state index contributed by atoms with van der Waals surface area (Å²) in [7, 11) is 0. The summed E-state index contributed by atoms with van der Waals surface area (Å²) in [5.74, 6) is -1.21. The van der Waals surface area contributed by atoms with Crippen molar-refractivity contribution in [2.45, 2.75) is 25.4 Å². The number of carbonyl (C=O) groups excluding carboxylic acids is 1. The Morgan fingerprint density at radius 3 is 2.85 bits per heavy atom. The smallest absolute Gasteiger partial charge is 0.282 e. The molecule has 0 spiro atoms. The summed E-state index contributed by atoms with van der Waals surface area (Å²) in [6, 6.07) is 2.78. The second kappa shape index (κ2) is 5.96. The first-order valence-corrected chi connectivity index (χ1v) is 6.37. The minimum Gasteiger partial charge on any atom is -0.393 e. The fraction of sp³-hybridized carbons (Fsp3) is 0.462. The van der Waals surface area contributed by atoms with Crippen LogP contribution < -0.4 is 5.32 Å². The van der Waals surface area contributed by atoms with E-state index in [0.717, 1.165) is 24.6 Å². The molecule has 108 valence electrons. The third-order valence-electron chi connectivity index (χ3n) is 3.46. The van der Waals surface area contributed by atoms with E-state index in [1.165, 1.54) is 0 Å². The van der Waals surface area contributed by atoms with E-state index in [1.807, 2.05) is 0 Å². The molecule has 0 saturated heterocycles. The Kier molecular flexibility index (Phi) is 4.29. The van der Waals surface area contributed by atoms with E-state index in [9.17, 15) is 24.4 Å².